The standard InChI is InChI=1S/C14H17N3O3.ClH/c1-2-15-7-8-16-13(19)11-12(18)9-5-3-4-6-10(9)17-14(11)20;/h3-6,15H,2,7-8H2,1H3,(H,16,19)(H2,17,18,20);1H. The van der Waals surface area contributed by atoms with Crippen LogP contribution < -0.4 is 16.2 Å². The van der Waals surface area contributed by atoms with Crippen molar-refractivity contribution < 1.29 is 9.90 Å². The van der Waals surface area contributed by atoms with Gasteiger partial charge in [-0.2, -0.15) is 0 Å². The van der Waals surface area contributed by atoms with Gasteiger partial charge in [0.05, 0.1) is 5.52 Å². The summed E-state index contributed by atoms with van der Waals surface area (Å²) in [7, 11) is 0. The van der Waals surface area contributed by atoms with Crippen LogP contribution in [0.15, 0.2) is 29.1 Å². The Balaban J connectivity index is 0.00000220. The fraction of sp³-hybridized carbons (Fsp3) is 0.286. The summed E-state index contributed by atoms with van der Waals surface area (Å²) in [6.07, 6.45) is 0. The summed E-state index contributed by atoms with van der Waals surface area (Å²) >= 11 is 0. The lowest BCUT2D eigenvalue weighted by atomic mass is 10.1. The van der Waals surface area contributed by atoms with Crippen LogP contribution in [0.2, 0.25) is 0 Å². The van der Waals surface area contributed by atoms with E-state index in [1.807, 2.05) is 6.92 Å². The molecule has 2 rings (SSSR count). The fourth-order valence-corrected chi connectivity index (χ4v) is 1.97. The lowest BCUT2D eigenvalue weighted by molar-refractivity contribution is 0.0950. The smallest absolute Gasteiger partial charge is 0.265 e. The topological polar surface area (TPSA) is 94.2 Å². The molecule has 1 heterocycles. The Kier molecular flexibility index (Phi) is 6.20. The molecule has 0 atom stereocenters. The largest absolute Gasteiger partial charge is 0.506 e. The SMILES string of the molecule is CCNCCNC(=O)c1c(O)c2ccccc2[nH]c1=O.Cl. The predicted octanol–water partition coefficient (Wildman–Crippen LogP) is 0.995. The second kappa shape index (κ2) is 7.66. The van der Waals surface area contributed by atoms with Crippen molar-refractivity contribution in [3.63, 3.8) is 0 Å². The van der Waals surface area contributed by atoms with Gasteiger partial charge in [0.15, 0.2) is 0 Å². The number of H-pyrrole nitrogens is 1. The van der Waals surface area contributed by atoms with E-state index in [4.69, 9.17) is 0 Å². The summed E-state index contributed by atoms with van der Waals surface area (Å²) in [5, 5.41) is 16.2. The van der Waals surface area contributed by atoms with Crippen LogP contribution in [0.25, 0.3) is 10.9 Å². The maximum Gasteiger partial charge on any atom is 0.265 e. The Bertz CT molecular complexity index is 685. The molecule has 1 aromatic heterocycles. The van der Waals surface area contributed by atoms with Crippen molar-refractivity contribution in [2.75, 3.05) is 19.6 Å². The quantitative estimate of drug-likeness (QED) is 0.620. The van der Waals surface area contributed by atoms with Gasteiger partial charge in [-0.05, 0) is 18.7 Å². The fourth-order valence-electron chi connectivity index (χ4n) is 1.97. The Labute approximate surface area is 128 Å². The first-order valence-corrected chi connectivity index (χ1v) is 6.48. The van der Waals surface area contributed by atoms with Crippen molar-refractivity contribution in [3.8, 4) is 5.75 Å². The van der Waals surface area contributed by atoms with Gasteiger partial charge < -0.3 is 20.7 Å². The van der Waals surface area contributed by atoms with Gasteiger partial charge in [0.1, 0.15) is 11.3 Å². The summed E-state index contributed by atoms with van der Waals surface area (Å²) in [5.41, 5.74) is -0.346. The molecular formula is C14H18ClN3O3. The van der Waals surface area contributed by atoms with E-state index < -0.39 is 11.5 Å². The van der Waals surface area contributed by atoms with Crippen LogP contribution in [0.4, 0.5) is 0 Å². The summed E-state index contributed by atoms with van der Waals surface area (Å²) in [6.45, 7) is 3.76. The van der Waals surface area contributed by atoms with Crippen LogP contribution in [-0.2, 0) is 0 Å². The molecule has 0 aliphatic rings. The third-order valence-electron chi connectivity index (χ3n) is 2.96. The summed E-state index contributed by atoms with van der Waals surface area (Å²) in [5.74, 6) is -0.863. The van der Waals surface area contributed by atoms with Gasteiger partial charge in [-0.25, -0.2) is 0 Å². The Hall–Kier alpha value is -2.05. The van der Waals surface area contributed by atoms with Gasteiger partial charge in [0.25, 0.3) is 11.5 Å². The number of aromatic hydroxyl groups is 1. The number of aromatic amines is 1. The van der Waals surface area contributed by atoms with Crippen LogP contribution in [0.3, 0.4) is 0 Å². The molecule has 0 radical (unpaired) electrons. The number of carbonyl (C=O) groups is 1. The molecule has 0 aliphatic carbocycles. The first kappa shape index (κ1) is 17.0. The van der Waals surface area contributed by atoms with Crippen molar-refractivity contribution in [3.05, 3.63) is 40.2 Å². The molecule has 4 N–H and O–H groups in total. The molecule has 114 valence electrons. The number of fused-ring (bicyclic) bond motifs is 1. The minimum absolute atomic E-state index is 0. The lowest BCUT2D eigenvalue weighted by Gasteiger charge is -2.08. The van der Waals surface area contributed by atoms with Gasteiger partial charge >= 0.3 is 0 Å². The number of aromatic nitrogens is 1. The van der Waals surface area contributed by atoms with E-state index in [1.165, 1.54) is 0 Å². The van der Waals surface area contributed by atoms with Crippen LogP contribution in [0.5, 0.6) is 5.75 Å². The van der Waals surface area contributed by atoms with Crippen LogP contribution in [0, 0.1) is 0 Å². The van der Waals surface area contributed by atoms with E-state index in [0.29, 0.717) is 24.0 Å². The van der Waals surface area contributed by atoms with Gasteiger partial charge in [-0.3, -0.25) is 9.59 Å². The van der Waals surface area contributed by atoms with E-state index in [0.717, 1.165) is 6.54 Å². The minimum atomic E-state index is -0.595. The summed E-state index contributed by atoms with van der Waals surface area (Å²) in [4.78, 5) is 26.5. The number of hydrogen-bond acceptors (Lipinski definition) is 4. The Morgan fingerprint density at radius 1 is 1.29 bits per heavy atom. The zero-order chi connectivity index (χ0) is 14.5. The molecule has 21 heavy (non-hydrogen) atoms. The molecule has 0 unspecified atom stereocenters. The molecule has 0 saturated carbocycles. The molecule has 0 bridgehead atoms. The third kappa shape index (κ3) is 3.74. The monoisotopic (exact) mass is 311 g/mol. The van der Waals surface area contributed by atoms with E-state index in [9.17, 15) is 14.7 Å². The molecule has 2 aromatic rings. The van der Waals surface area contributed by atoms with E-state index in [1.54, 1.807) is 24.3 Å². The zero-order valence-corrected chi connectivity index (χ0v) is 12.4. The van der Waals surface area contributed by atoms with Gasteiger partial charge in [-0.15, -0.1) is 12.4 Å². The highest BCUT2D eigenvalue weighted by Crippen LogP contribution is 2.24. The van der Waals surface area contributed by atoms with Crippen molar-refractivity contribution in [2.24, 2.45) is 0 Å². The highest BCUT2D eigenvalue weighted by atomic mass is 35.5. The molecule has 0 aliphatic heterocycles. The molecule has 1 aromatic carbocycles. The minimum Gasteiger partial charge on any atom is -0.506 e. The van der Waals surface area contributed by atoms with Gasteiger partial charge in [0, 0.05) is 18.5 Å². The highest BCUT2D eigenvalue weighted by molar-refractivity contribution is 6.01. The average Bonchev–Trinajstić information content (AvgIpc) is 2.43. The van der Waals surface area contributed by atoms with Crippen LogP contribution in [-0.4, -0.2) is 35.6 Å². The molecule has 7 heteroatoms. The van der Waals surface area contributed by atoms with Crippen molar-refractivity contribution in [2.45, 2.75) is 6.92 Å². The molecular weight excluding hydrogens is 294 g/mol. The molecule has 0 saturated heterocycles. The van der Waals surface area contributed by atoms with E-state index in [-0.39, 0.29) is 23.7 Å². The Morgan fingerprint density at radius 2 is 2.00 bits per heavy atom. The number of likely N-dealkylation sites (N-methyl/N-ethyl adjacent to an activating group) is 1. The lowest BCUT2D eigenvalue weighted by Crippen LogP contribution is -2.34. The Morgan fingerprint density at radius 3 is 2.71 bits per heavy atom. The second-order valence-corrected chi connectivity index (χ2v) is 4.33. The maximum atomic E-state index is 12.0. The van der Waals surface area contributed by atoms with E-state index in [2.05, 4.69) is 15.6 Å². The second-order valence-electron chi connectivity index (χ2n) is 4.33. The number of benzene rings is 1. The first-order valence-electron chi connectivity index (χ1n) is 6.48. The normalized spacial score (nSPS) is 10.1. The number of pyridine rings is 1. The number of amides is 1. The number of rotatable bonds is 5. The maximum absolute atomic E-state index is 12.0. The number of carbonyl (C=O) groups excluding carboxylic acids is 1. The van der Waals surface area contributed by atoms with E-state index >= 15 is 0 Å². The highest BCUT2D eigenvalue weighted by Gasteiger charge is 2.18. The van der Waals surface area contributed by atoms with Crippen LogP contribution >= 0.6 is 12.4 Å². The van der Waals surface area contributed by atoms with Crippen LogP contribution in [0.1, 0.15) is 17.3 Å². The zero-order valence-electron chi connectivity index (χ0n) is 11.6. The number of nitrogens with one attached hydrogen (secondary N) is 3. The molecule has 0 spiro atoms. The predicted molar refractivity (Wildman–Crippen MR) is 84.4 cm³/mol. The first-order chi connectivity index (χ1) is 9.65. The number of para-hydroxylation sites is 1. The molecule has 6 nitrogen and oxygen atoms in total. The number of hydrogen-bond donors (Lipinski definition) is 4. The molecule has 0 fully saturated rings. The van der Waals surface area contributed by atoms with Gasteiger partial charge in [-0.1, -0.05) is 19.1 Å². The summed E-state index contributed by atoms with van der Waals surface area (Å²) in [6, 6.07) is 6.79. The van der Waals surface area contributed by atoms with Crippen molar-refractivity contribution in [1.29, 1.82) is 0 Å². The van der Waals surface area contributed by atoms with Gasteiger partial charge in [0.2, 0.25) is 0 Å². The van der Waals surface area contributed by atoms with Crippen molar-refractivity contribution >= 4 is 29.2 Å². The molecule has 1 amide bonds. The number of halogens is 1. The van der Waals surface area contributed by atoms with Crippen molar-refractivity contribution in [1.82, 2.24) is 15.6 Å². The average molecular weight is 312 g/mol. The summed E-state index contributed by atoms with van der Waals surface area (Å²) < 4.78 is 0. The third-order valence-corrected chi connectivity index (χ3v) is 2.96.